The molecule has 2 heterocycles. The van der Waals surface area contributed by atoms with Gasteiger partial charge in [-0.2, -0.15) is 4.98 Å². The molecular formula is C21H18N4O2. The summed E-state index contributed by atoms with van der Waals surface area (Å²) in [5, 5.41) is 0.482. The minimum Gasteiger partial charge on any atom is -0.426 e. The molecule has 27 heavy (non-hydrogen) atoms. The smallest absolute Gasteiger partial charge is 0.302 e. The second-order valence-corrected chi connectivity index (χ2v) is 6.20. The largest absolute Gasteiger partial charge is 0.426 e. The molecule has 0 aliphatic carbocycles. The molecule has 0 unspecified atom stereocenters. The van der Waals surface area contributed by atoms with E-state index in [2.05, 4.69) is 32.0 Å². The second kappa shape index (κ2) is 7.29. The molecule has 0 fully saturated rings. The molecule has 2 aromatic heterocycles. The SMILES string of the molecule is CN(Cc1ccccc1)c1ccc(Oc2nc3cnccc3c(=O)[nH]2)cc1. The van der Waals surface area contributed by atoms with Crippen LogP contribution in [0.3, 0.4) is 0 Å². The van der Waals surface area contributed by atoms with Crippen molar-refractivity contribution in [3.05, 3.63) is 89.0 Å². The Morgan fingerprint density at radius 3 is 2.59 bits per heavy atom. The number of rotatable bonds is 5. The zero-order valence-electron chi connectivity index (χ0n) is 14.8. The van der Waals surface area contributed by atoms with E-state index >= 15 is 0 Å². The molecule has 0 aliphatic rings. The van der Waals surface area contributed by atoms with E-state index in [-0.39, 0.29) is 11.6 Å². The van der Waals surface area contributed by atoms with Crippen LogP contribution in [0, 0.1) is 0 Å². The Morgan fingerprint density at radius 1 is 1.04 bits per heavy atom. The van der Waals surface area contributed by atoms with Crippen LogP contribution in [0.2, 0.25) is 0 Å². The highest BCUT2D eigenvalue weighted by Gasteiger charge is 2.07. The molecule has 0 atom stereocenters. The molecule has 0 spiro atoms. The van der Waals surface area contributed by atoms with Crippen molar-refractivity contribution in [3.63, 3.8) is 0 Å². The van der Waals surface area contributed by atoms with Crippen molar-refractivity contribution in [1.29, 1.82) is 0 Å². The van der Waals surface area contributed by atoms with Crippen molar-refractivity contribution in [1.82, 2.24) is 15.0 Å². The molecule has 1 N–H and O–H groups in total. The Kier molecular flexibility index (Phi) is 4.53. The van der Waals surface area contributed by atoms with Crippen LogP contribution in [0.1, 0.15) is 5.56 Å². The number of benzene rings is 2. The number of hydrogen-bond donors (Lipinski definition) is 1. The predicted octanol–water partition coefficient (Wildman–Crippen LogP) is 3.75. The lowest BCUT2D eigenvalue weighted by Crippen LogP contribution is -2.16. The van der Waals surface area contributed by atoms with E-state index in [1.54, 1.807) is 18.5 Å². The first kappa shape index (κ1) is 16.8. The molecule has 134 valence electrons. The minimum absolute atomic E-state index is 0.144. The van der Waals surface area contributed by atoms with E-state index in [1.807, 2.05) is 49.5 Å². The van der Waals surface area contributed by atoms with Crippen molar-refractivity contribution < 1.29 is 4.74 Å². The molecule has 0 amide bonds. The maximum absolute atomic E-state index is 12.1. The lowest BCUT2D eigenvalue weighted by atomic mass is 10.2. The fourth-order valence-corrected chi connectivity index (χ4v) is 2.85. The van der Waals surface area contributed by atoms with Gasteiger partial charge in [-0.1, -0.05) is 30.3 Å². The molecule has 6 heteroatoms. The third-order valence-electron chi connectivity index (χ3n) is 4.24. The number of pyridine rings is 1. The number of aromatic amines is 1. The highest BCUT2D eigenvalue weighted by Crippen LogP contribution is 2.23. The van der Waals surface area contributed by atoms with Crippen molar-refractivity contribution in [2.75, 3.05) is 11.9 Å². The first-order chi connectivity index (χ1) is 13.2. The molecule has 0 aliphatic heterocycles. The Labute approximate surface area is 156 Å². The molecule has 2 aromatic carbocycles. The van der Waals surface area contributed by atoms with E-state index in [4.69, 9.17) is 4.74 Å². The van der Waals surface area contributed by atoms with E-state index < -0.39 is 0 Å². The Hall–Kier alpha value is -3.67. The van der Waals surface area contributed by atoms with E-state index in [0.29, 0.717) is 16.7 Å². The fourth-order valence-electron chi connectivity index (χ4n) is 2.85. The van der Waals surface area contributed by atoms with E-state index in [0.717, 1.165) is 12.2 Å². The molecule has 0 bridgehead atoms. The quantitative estimate of drug-likeness (QED) is 0.588. The zero-order chi connectivity index (χ0) is 18.6. The topological polar surface area (TPSA) is 71.1 Å². The molecule has 0 radical (unpaired) electrons. The third kappa shape index (κ3) is 3.79. The monoisotopic (exact) mass is 358 g/mol. The van der Waals surface area contributed by atoms with Crippen LogP contribution in [-0.4, -0.2) is 22.0 Å². The molecule has 0 saturated heterocycles. The normalized spacial score (nSPS) is 10.7. The predicted molar refractivity (Wildman–Crippen MR) is 105 cm³/mol. The maximum Gasteiger partial charge on any atom is 0.302 e. The van der Waals surface area contributed by atoms with Gasteiger partial charge < -0.3 is 9.64 Å². The number of ether oxygens (including phenoxy) is 1. The zero-order valence-corrected chi connectivity index (χ0v) is 14.8. The highest BCUT2D eigenvalue weighted by molar-refractivity contribution is 5.76. The summed E-state index contributed by atoms with van der Waals surface area (Å²) in [6, 6.07) is 19.7. The van der Waals surface area contributed by atoms with Crippen molar-refractivity contribution in [3.8, 4) is 11.8 Å². The molecule has 6 nitrogen and oxygen atoms in total. The fraction of sp³-hybridized carbons (Fsp3) is 0.0952. The van der Waals surface area contributed by atoms with Gasteiger partial charge in [0.25, 0.3) is 5.56 Å². The first-order valence-electron chi connectivity index (χ1n) is 8.56. The standard InChI is InChI=1S/C21H18N4O2/c1-25(14-15-5-3-2-4-6-15)16-7-9-17(10-8-16)27-21-23-19-13-22-12-11-18(19)20(26)24-21/h2-13H,14H2,1H3,(H,23,24,26). The number of hydrogen-bond acceptors (Lipinski definition) is 5. The average Bonchev–Trinajstić information content (AvgIpc) is 2.69. The van der Waals surface area contributed by atoms with Gasteiger partial charge in [0.05, 0.1) is 17.1 Å². The average molecular weight is 358 g/mol. The summed E-state index contributed by atoms with van der Waals surface area (Å²) in [6.45, 7) is 0.813. The van der Waals surface area contributed by atoms with Gasteiger partial charge in [-0.25, -0.2) is 0 Å². The van der Waals surface area contributed by atoms with Gasteiger partial charge in [0, 0.05) is 25.5 Å². The molecule has 4 aromatic rings. The van der Waals surface area contributed by atoms with Crippen LogP contribution in [0.4, 0.5) is 5.69 Å². The van der Waals surface area contributed by atoms with Crippen molar-refractivity contribution >= 4 is 16.6 Å². The lowest BCUT2D eigenvalue weighted by molar-refractivity contribution is 0.442. The van der Waals surface area contributed by atoms with Crippen LogP contribution < -0.4 is 15.2 Å². The van der Waals surface area contributed by atoms with Gasteiger partial charge in [0.2, 0.25) is 0 Å². The Balaban J connectivity index is 1.50. The number of fused-ring (bicyclic) bond motifs is 1. The van der Waals surface area contributed by atoms with Gasteiger partial charge in [-0.3, -0.25) is 14.8 Å². The van der Waals surface area contributed by atoms with Crippen LogP contribution in [0.25, 0.3) is 10.9 Å². The number of aromatic nitrogens is 3. The number of nitrogens with one attached hydrogen (secondary N) is 1. The van der Waals surface area contributed by atoms with Crippen LogP contribution in [0.15, 0.2) is 77.9 Å². The summed E-state index contributed by atoms with van der Waals surface area (Å²) in [5.74, 6) is 0.596. The summed E-state index contributed by atoms with van der Waals surface area (Å²) in [5.41, 5.74) is 2.55. The van der Waals surface area contributed by atoms with E-state index in [1.165, 1.54) is 5.56 Å². The van der Waals surface area contributed by atoms with Gasteiger partial charge in [0.15, 0.2) is 0 Å². The van der Waals surface area contributed by atoms with Crippen LogP contribution in [0.5, 0.6) is 11.8 Å². The van der Waals surface area contributed by atoms with Crippen molar-refractivity contribution in [2.45, 2.75) is 6.54 Å². The number of nitrogens with zero attached hydrogens (tertiary/aromatic N) is 3. The highest BCUT2D eigenvalue weighted by atomic mass is 16.5. The van der Waals surface area contributed by atoms with E-state index in [9.17, 15) is 4.79 Å². The molecule has 0 saturated carbocycles. The summed E-state index contributed by atoms with van der Waals surface area (Å²) < 4.78 is 5.71. The molecular weight excluding hydrogens is 340 g/mol. The minimum atomic E-state index is -0.253. The third-order valence-corrected chi connectivity index (χ3v) is 4.24. The lowest BCUT2D eigenvalue weighted by Gasteiger charge is -2.19. The number of anilines is 1. The van der Waals surface area contributed by atoms with Gasteiger partial charge in [-0.15, -0.1) is 0 Å². The maximum atomic E-state index is 12.1. The van der Waals surface area contributed by atoms with Crippen LogP contribution >= 0.6 is 0 Å². The van der Waals surface area contributed by atoms with Crippen molar-refractivity contribution in [2.24, 2.45) is 0 Å². The summed E-state index contributed by atoms with van der Waals surface area (Å²) in [7, 11) is 2.04. The number of H-pyrrole nitrogens is 1. The van der Waals surface area contributed by atoms with Gasteiger partial charge >= 0.3 is 6.01 Å². The second-order valence-electron chi connectivity index (χ2n) is 6.20. The summed E-state index contributed by atoms with van der Waals surface area (Å²) in [4.78, 5) is 25.2. The molecule has 4 rings (SSSR count). The summed E-state index contributed by atoms with van der Waals surface area (Å²) in [6.07, 6.45) is 3.10. The van der Waals surface area contributed by atoms with Crippen LogP contribution in [-0.2, 0) is 6.54 Å². The van der Waals surface area contributed by atoms with Gasteiger partial charge in [-0.05, 0) is 35.9 Å². The Bertz CT molecular complexity index is 1110. The summed E-state index contributed by atoms with van der Waals surface area (Å²) >= 11 is 0. The first-order valence-corrected chi connectivity index (χ1v) is 8.56. The Morgan fingerprint density at radius 2 is 1.81 bits per heavy atom. The van der Waals surface area contributed by atoms with Gasteiger partial charge in [0.1, 0.15) is 5.75 Å².